The quantitative estimate of drug-likeness (QED) is 0.874. The molecular weight excluding hydrogens is 298 g/mol. The van der Waals surface area contributed by atoms with Crippen LogP contribution in [0.3, 0.4) is 0 Å². The van der Waals surface area contributed by atoms with Gasteiger partial charge in [-0.2, -0.15) is 0 Å². The summed E-state index contributed by atoms with van der Waals surface area (Å²) in [6.07, 6.45) is 1.30. The third-order valence-electron chi connectivity index (χ3n) is 4.41. The number of hydrogen-bond acceptors (Lipinski definition) is 3. The number of benzene rings is 1. The molecule has 1 aliphatic rings. The van der Waals surface area contributed by atoms with E-state index in [9.17, 15) is 8.42 Å². The van der Waals surface area contributed by atoms with Crippen molar-refractivity contribution in [3.63, 3.8) is 0 Å². The molecule has 0 saturated carbocycles. The highest BCUT2D eigenvalue weighted by molar-refractivity contribution is 7.90. The molecule has 1 fully saturated rings. The molecule has 0 amide bonds. The second-order valence-electron chi connectivity index (χ2n) is 6.38. The second kappa shape index (κ2) is 7.11. The molecule has 2 rings (SSSR count). The van der Waals surface area contributed by atoms with E-state index in [0.29, 0.717) is 13.0 Å². The summed E-state index contributed by atoms with van der Waals surface area (Å²) in [4.78, 5) is 0. The third-order valence-corrected chi connectivity index (χ3v) is 6.41. The van der Waals surface area contributed by atoms with Crippen molar-refractivity contribution < 1.29 is 13.2 Å². The Bertz CT molecular complexity index is 580. The third kappa shape index (κ3) is 3.89. The van der Waals surface area contributed by atoms with Gasteiger partial charge in [-0.05, 0) is 36.8 Å². The predicted molar refractivity (Wildman–Crippen MR) is 89.3 cm³/mol. The van der Waals surface area contributed by atoms with Crippen LogP contribution in [-0.4, -0.2) is 26.4 Å². The highest BCUT2D eigenvalue weighted by Crippen LogP contribution is 2.27. The van der Waals surface area contributed by atoms with Gasteiger partial charge in [0.25, 0.3) is 0 Å². The topological polar surface area (TPSA) is 55.4 Å². The zero-order valence-electron chi connectivity index (χ0n) is 13.9. The Morgan fingerprint density at radius 2 is 1.91 bits per heavy atom. The minimum absolute atomic E-state index is 0.180. The van der Waals surface area contributed by atoms with Crippen LogP contribution in [-0.2, 0) is 21.2 Å². The Hall–Kier alpha value is -0.910. The Balaban J connectivity index is 2.21. The first-order valence-corrected chi connectivity index (χ1v) is 9.61. The Morgan fingerprint density at radius 3 is 2.36 bits per heavy atom. The molecule has 22 heavy (non-hydrogen) atoms. The number of hydrogen-bond donors (Lipinski definition) is 1. The number of ether oxygens (including phenoxy) is 1. The van der Waals surface area contributed by atoms with E-state index >= 15 is 0 Å². The Kier molecular flexibility index (Phi) is 5.64. The monoisotopic (exact) mass is 325 g/mol. The van der Waals surface area contributed by atoms with Crippen LogP contribution in [0, 0.1) is 5.92 Å². The highest BCUT2D eigenvalue weighted by atomic mass is 32.2. The average Bonchev–Trinajstić information content (AvgIpc) is 2.92. The summed E-state index contributed by atoms with van der Waals surface area (Å²) in [5.74, 6) is 0.180. The Labute approximate surface area is 134 Å². The van der Waals surface area contributed by atoms with Gasteiger partial charge in [0.2, 0.25) is 10.0 Å². The van der Waals surface area contributed by atoms with Gasteiger partial charge in [0, 0.05) is 12.6 Å². The van der Waals surface area contributed by atoms with Crippen LogP contribution in [0.4, 0.5) is 0 Å². The van der Waals surface area contributed by atoms with Gasteiger partial charge in [-0.1, -0.05) is 45.0 Å². The molecule has 0 spiro atoms. The molecule has 1 heterocycles. The lowest BCUT2D eigenvalue weighted by atomic mass is 9.96. The van der Waals surface area contributed by atoms with E-state index < -0.39 is 15.3 Å². The molecule has 1 saturated heterocycles. The normalized spacial score (nSPS) is 23.9. The van der Waals surface area contributed by atoms with E-state index in [1.165, 1.54) is 5.56 Å². The minimum atomic E-state index is -3.39. The van der Waals surface area contributed by atoms with Crippen molar-refractivity contribution >= 4 is 10.0 Å². The fraction of sp³-hybridized carbons (Fsp3) is 0.647. The SMILES string of the molecule is CCc1ccc(C(NS(=O)(=O)C2CCOC2C)C(C)C)cc1. The summed E-state index contributed by atoms with van der Waals surface area (Å²) in [6.45, 7) is 8.53. The van der Waals surface area contributed by atoms with E-state index in [4.69, 9.17) is 4.74 Å². The number of sulfonamides is 1. The van der Waals surface area contributed by atoms with Gasteiger partial charge in [0.1, 0.15) is 5.25 Å². The van der Waals surface area contributed by atoms with Gasteiger partial charge in [-0.15, -0.1) is 0 Å². The van der Waals surface area contributed by atoms with Crippen molar-refractivity contribution in [2.45, 2.75) is 57.9 Å². The van der Waals surface area contributed by atoms with E-state index in [1.54, 1.807) is 0 Å². The average molecular weight is 325 g/mol. The van der Waals surface area contributed by atoms with Crippen LogP contribution in [0.5, 0.6) is 0 Å². The summed E-state index contributed by atoms with van der Waals surface area (Å²) < 4.78 is 33.6. The van der Waals surface area contributed by atoms with Crippen LogP contribution in [0.1, 0.15) is 51.3 Å². The molecule has 1 aromatic rings. The molecule has 0 aromatic heterocycles. The van der Waals surface area contributed by atoms with Crippen LogP contribution in [0.2, 0.25) is 0 Å². The maximum Gasteiger partial charge on any atom is 0.217 e. The zero-order chi connectivity index (χ0) is 16.3. The zero-order valence-corrected chi connectivity index (χ0v) is 14.7. The van der Waals surface area contributed by atoms with Crippen molar-refractivity contribution in [1.82, 2.24) is 4.72 Å². The fourth-order valence-corrected chi connectivity index (χ4v) is 4.86. The molecule has 5 heteroatoms. The Morgan fingerprint density at radius 1 is 1.27 bits per heavy atom. The molecule has 0 radical (unpaired) electrons. The van der Waals surface area contributed by atoms with Crippen molar-refractivity contribution in [3.8, 4) is 0 Å². The fourth-order valence-electron chi connectivity index (χ4n) is 2.93. The van der Waals surface area contributed by atoms with Gasteiger partial charge in [-0.3, -0.25) is 0 Å². The van der Waals surface area contributed by atoms with Crippen molar-refractivity contribution in [2.75, 3.05) is 6.61 Å². The van der Waals surface area contributed by atoms with Crippen molar-refractivity contribution in [2.24, 2.45) is 5.92 Å². The van der Waals surface area contributed by atoms with E-state index in [1.807, 2.05) is 32.9 Å². The summed E-state index contributed by atoms with van der Waals surface area (Å²) in [5.41, 5.74) is 2.27. The first kappa shape index (κ1) is 17.4. The van der Waals surface area contributed by atoms with Gasteiger partial charge in [0.15, 0.2) is 0 Å². The van der Waals surface area contributed by atoms with Crippen molar-refractivity contribution in [1.29, 1.82) is 0 Å². The lowest BCUT2D eigenvalue weighted by Crippen LogP contribution is -2.41. The molecular formula is C17H27NO3S. The highest BCUT2D eigenvalue weighted by Gasteiger charge is 2.37. The summed E-state index contributed by atoms with van der Waals surface area (Å²) in [6, 6.07) is 7.99. The molecule has 1 aromatic carbocycles. The molecule has 0 bridgehead atoms. The van der Waals surface area contributed by atoms with E-state index in [-0.39, 0.29) is 18.1 Å². The molecule has 0 aliphatic carbocycles. The molecule has 1 aliphatic heterocycles. The number of nitrogens with one attached hydrogen (secondary N) is 1. The summed E-state index contributed by atoms with van der Waals surface area (Å²) in [5, 5.41) is -0.455. The van der Waals surface area contributed by atoms with E-state index in [2.05, 4.69) is 23.8 Å². The summed E-state index contributed by atoms with van der Waals surface area (Å²) in [7, 11) is -3.39. The largest absolute Gasteiger partial charge is 0.377 e. The molecule has 124 valence electrons. The standard InChI is InChI=1S/C17H27NO3S/c1-5-14-6-8-15(9-7-14)17(12(2)3)18-22(19,20)16-10-11-21-13(16)4/h6-9,12-13,16-18H,5,10-11H2,1-4H3. The molecule has 3 unspecified atom stereocenters. The molecule has 3 atom stereocenters. The maximum atomic E-state index is 12.7. The smallest absolute Gasteiger partial charge is 0.217 e. The predicted octanol–water partition coefficient (Wildman–Crippen LogP) is 3.04. The van der Waals surface area contributed by atoms with Crippen LogP contribution in [0.25, 0.3) is 0 Å². The van der Waals surface area contributed by atoms with Gasteiger partial charge in [-0.25, -0.2) is 13.1 Å². The molecule has 4 nitrogen and oxygen atoms in total. The lowest BCUT2D eigenvalue weighted by molar-refractivity contribution is 0.126. The van der Waals surface area contributed by atoms with Gasteiger partial charge >= 0.3 is 0 Å². The minimum Gasteiger partial charge on any atom is -0.377 e. The molecule has 1 N–H and O–H groups in total. The number of rotatable bonds is 6. The van der Waals surface area contributed by atoms with E-state index in [0.717, 1.165) is 12.0 Å². The number of aryl methyl sites for hydroxylation is 1. The maximum absolute atomic E-state index is 12.7. The van der Waals surface area contributed by atoms with Crippen molar-refractivity contribution in [3.05, 3.63) is 35.4 Å². The first-order chi connectivity index (χ1) is 10.3. The van der Waals surface area contributed by atoms with Crippen LogP contribution >= 0.6 is 0 Å². The lowest BCUT2D eigenvalue weighted by Gasteiger charge is -2.26. The van der Waals surface area contributed by atoms with Crippen LogP contribution in [0.15, 0.2) is 24.3 Å². The van der Waals surface area contributed by atoms with Crippen LogP contribution < -0.4 is 4.72 Å². The van der Waals surface area contributed by atoms with Gasteiger partial charge < -0.3 is 4.74 Å². The first-order valence-electron chi connectivity index (χ1n) is 8.06. The van der Waals surface area contributed by atoms with Gasteiger partial charge in [0.05, 0.1) is 6.10 Å². The summed E-state index contributed by atoms with van der Waals surface area (Å²) >= 11 is 0. The second-order valence-corrected chi connectivity index (χ2v) is 8.31.